The van der Waals surface area contributed by atoms with Gasteiger partial charge in [-0.25, -0.2) is 9.97 Å². The lowest BCUT2D eigenvalue weighted by Crippen LogP contribution is -2.01. The van der Waals surface area contributed by atoms with E-state index in [1.54, 1.807) is 4.57 Å². The second-order valence-electron chi connectivity index (χ2n) is 3.86. The maximum atomic E-state index is 11.1. The Labute approximate surface area is 116 Å². The first-order chi connectivity index (χ1) is 9.16. The van der Waals surface area contributed by atoms with Crippen LogP contribution in [0.1, 0.15) is 0 Å². The highest BCUT2D eigenvalue weighted by molar-refractivity contribution is 9.10. The highest BCUT2D eigenvalue weighted by Crippen LogP contribution is 2.26. The minimum Gasteiger partial charge on any atom is -0.277 e. The van der Waals surface area contributed by atoms with Crippen molar-refractivity contribution in [3.05, 3.63) is 57.4 Å². The van der Waals surface area contributed by atoms with Crippen LogP contribution < -0.4 is 0 Å². The number of para-hydroxylation sites is 2. The lowest BCUT2D eigenvalue weighted by Gasteiger charge is -2.04. The topological polar surface area (TPSA) is 73.8 Å². The summed E-state index contributed by atoms with van der Waals surface area (Å²) in [5.41, 5.74) is 1.47. The number of nitro groups is 1. The number of aromatic nitrogens is 3. The number of halogens is 1. The summed E-state index contributed by atoms with van der Waals surface area (Å²) >= 11 is 3.19. The number of benzene rings is 1. The van der Waals surface area contributed by atoms with Gasteiger partial charge in [0.05, 0.1) is 16.0 Å². The van der Waals surface area contributed by atoms with Gasteiger partial charge in [-0.1, -0.05) is 12.1 Å². The van der Waals surface area contributed by atoms with E-state index in [2.05, 4.69) is 25.9 Å². The maximum Gasteiger partial charge on any atom is 0.313 e. The number of imidazole rings is 1. The molecule has 0 aliphatic heterocycles. The fraction of sp³-hybridized carbons (Fsp3) is 0. The third-order valence-corrected chi connectivity index (χ3v) is 3.13. The third-order valence-electron chi connectivity index (χ3n) is 2.69. The maximum absolute atomic E-state index is 11.1. The summed E-state index contributed by atoms with van der Waals surface area (Å²) in [5, 5.41) is 11.1. The SMILES string of the molecule is O=[N+]([O-])c1cc(Br)cnc1-n1cnc2ccccc21. The Morgan fingerprint density at radius 1 is 1.26 bits per heavy atom. The summed E-state index contributed by atoms with van der Waals surface area (Å²) in [6, 6.07) is 8.83. The van der Waals surface area contributed by atoms with Crippen LogP contribution in [0, 0.1) is 10.1 Å². The van der Waals surface area contributed by atoms with Gasteiger partial charge in [-0.3, -0.25) is 14.7 Å². The molecule has 0 bridgehead atoms. The van der Waals surface area contributed by atoms with Crippen LogP contribution in [-0.4, -0.2) is 19.5 Å². The molecular weight excluding hydrogens is 312 g/mol. The van der Waals surface area contributed by atoms with Crippen LogP contribution >= 0.6 is 15.9 Å². The number of rotatable bonds is 2. The number of hydrogen-bond acceptors (Lipinski definition) is 4. The quantitative estimate of drug-likeness (QED) is 0.537. The first-order valence-electron chi connectivity index (χ1n) is 5.39. The second-order valence-corrected chi connectivity index (χ2v) is 4.77. The van der Waals surface area contributed by atoms with Crippen LogP contribution in [-0.2, 0) is 0 Å². The second kappa shape index (κ2) is 4.43. The van der Waals surface area contributed by atoms with Crippen molar-refractivity contribution in [2.75, 3.05) is 0 Å². The van der Waals surface area contributed by atoms with Gasteiger partial charge in [-0.15, -0.1) is 0 Å². The van der Waals surface area contributed by atoms with Crippen LogP contribution in [0.15, 0.2) is 47.3 Å². The zero-order valence-corrected chi connectivity index (χ0v) is 11.1. The Morgan fingerprint density at radius 2 is 2.05 bits per heavy atom. The molecule has 0 spiro atoms. The molecule has 2 aromatic heterocycles. The van der Waals surface area contributed by atoms with E-state index in [1.165, 1.54) is 18.6 Å². The van der Waals surface area contributed by atoms with Gasteiger partial charge in [0.15, 0.2) is 0 Å². The molecule has 2 heterocycles. The predicted octanol–water partition coefficient (Wildman–Crippen LogP) is 3.09. The van der Waals surface area contributed by atoms with Gasteiger partial charge in [0.2, 0.25) is 5.82 Å². The summed E-state index contributed by atoms with van der Waals surface area (Å²) < 4.78 is 2.17. The molecule has 0 fully saturated rings. The van der Waals surface area contributed by atoms with Gasteiger partial charge >= 0.3 is 5.69 Å². The zero-order chi connectivity index (χ0) is 13.4. The van der Waals surface area contributed by atoms with Crippen molar-refractivity contribution < 1.29 is 4.92 Å². The number of fused-ring (bicyclic) bond motifs is 1. The van der Waals surface area contributed by atoms with Crippen molar-refractivity contribution >= 4 is 32.7 Å². The summed E-state index contributed by atoms with van der Waals surface area (Å²) in [7, 11) is 0. The van der Waals surface area contributed by atoms with E-state index >= 15 is 0 Å². The van der Waals surface area contributed by atoms with Gasteiger partial charge in [-0.05, 0) is 28.1 Å². The van der Waals surface area contributed by atoms with Crippen molar-refractivity contribution in [1.29, 1.82) is 0 Å². The highest BCUT2D eigenvalue weighted by atomic mass is 79.9. The van der Waals surface area contributed by atoms with E-state index in [0.29, 0.717) is 4.47 Å². The molecule has 0 unspecified atom stereocenters. The molecular formula is C12H7BrN4O2. The third kappa shape index (κ3) is 1.97. The number of nitrogens with zero attached hydrogens (tertiary/aromatic N) is 4. The molecule has 6 nitrogen and oxygen atoms in total. The highest BCUT2D eigenvalue weighted by Gasteiger charge is 2.19. The molecule has 0 N–H and O–H groups in total. The van der Waals surface area contributed by atoms with Crippen molar-refractivity contribution in [2.24, 2.45) is 0 Å². The smallest absolute Gasteiger partial charge is 0.277 e. The molecule has 0 saturated heterocycles. The normalized spacial score (nSPS) is 10.8. The average molecular weight is 319 g/mol. The monoisotopic (exact) mass is 318 g/mol. The fourth-order valence-corrected chi connectivity index (χ4v) is 2.19. The van der Waals surface area contributed by atoms with Crippen molar-refractivity contribution in [3.8, 4) is 5.82 Å². The van der Waals surface area contributed by atoms with E-state index in [0.717, 1.165) is 11.0 Å². The summed E-state index contributed by atoms with van der Waals surface area (Å²) in [5.74, 6) is 0.252. The van der Waals surface area contributed by atoms with Crippen LogP contribution in [0.5, 0.6) is 0 Å². The van der Waals surface area contributed by atoms with Gasteiger partial charge in [0.25, 0.3) is 0 Å². The molecule has 3 rings (SSSR count). The first kappa shape index (κ1) is 11.8. The van der Waals surface area contributed by atoms with E-state index in [4.69, 9.17) is 0 Å². The summed E-state index contributed by atoms with van der Waals surface area (Å²) in [6.07, 6.45) is 3.06. The Hall–Kier alpha value is -2.28. The minimum absolute atomic E-state index is 0.0717. The molecule has 7 heteroatoms. The van der Waals surface area contributed by atoms with Gasteiger partial charge in [0.1, 0.15) is 6.33 Å². The van der Waals surface area contributed by atoms with Crippen molar-refractivity contribution in [3.63, 3.8) is 0 Å². The largest absolute Gasteiger partial charge is 0.313 e. The van der Waals surface area contributed by atoms with Crippen molar-refractivity contribution in [1.82, 2.24) is 14.5 Å². The first-order valence-corrected chi connectivity index (χ1v) is 6.18. The Morgan fingerprint density at radius 3 is 2.84 bits per heavy atom. The lowest BCUT2D eigenvalue weighted by molar-refractivity contribution is -0.384. The van der Waals surface area contributed by atoms with Crippen LogP contribution in [0.4, 0.5) is 5.69 Å². The molecule has 0 atom stereocenters. The molecule has 19 heavy (non-hydrogen) atoms. The van der Waals surface area contributed by atoms with E-state index < -0.39 is 4.92 Å². The zero-order valence-electron chi connectivity index (χ0n) is 9.52. The molecule has 0 aliphatic rings. The van der Waals surface area contributed by atoms with Crippen molar-refractivity contribution in [2.45, 2.75) is 0 Å². The number of pyridine rings is 1. The number of hydrogen-bond donors (Lipinski definition) is 0. The van der Waals surface area contributed by atoms with E-state index in [1.807, 2.05) is 24.3 Å². The standard InChI is InChI=1S/C12H7BrN4O2/c13-8-5-11(17(18)19)12(14-6-8)16-7-15-9-3-1-2-4-10(9)16/h1-7H. The van der Waals surface area contributed by atoms with Gasteiger partial charge in [0, 0.05) is 16.7 Å². The minimum atomic E-state index is -0.456. The van der Waals surface area contributed by atoms with Crippen LogP contribution in [0.25, 0.3) is 16.9 Å². The predicted molar refractivity (Wildman–Crippen MR) is 73.2 cm³/mol. The van der Waals surface area contributed by atoms with Gasteiger partial charge < -0.3 is 0 Å². The van der Waals surface area contributed by atoms with Crippen LogP contribution in [0.2, 0.25) is 0 Å². The van der Waals surface area contributed by atoms with Crippen LogP contribution in [0.3, 0.4) is 0 Å². The summed E-state index contributed by atoms with van der Waals surface area (Å²) in [4.78, 5) is 19.0. The fourth-order valence-electron chi connectivity index (χ4n) is 1.87. The molecule has 0 radical (unpaired) electrons. The van der Waals surface area contributed by atoms with E-state index in [-0.39, 0.29) is 11.5 Å². The summed E-state index contributed by atoms with van der Waals surface area (Å²) in [6.45, 7) is 0. The van der Waals surface area contributed by atoms with Gasteiger partial charge in [-0.2, -0.15) is 0 Å². The Kier molecular flexibility index (Phi) is 2.75. The molecule has 94 valence electrons. The molecule has 1 aromatic carbocycles. The average Bonchev–Trinajstić information content (AvgIpc) is 2.82. The molecule has 0 aliphatic carbocycles. The molecule has 0 saturated carbocycles. The molecule has 0 amide bonds. The Balaban J connectivity index is 2.30. The van der Waals surface area contributed by atoms with E-state index in [9.17, 15) is 10.1 Å². The lowest BCUT2D eigenvalue weighted by atomic mass is 10.3. The Bertz CT molecular complexity index is 784. The molecule has 3 aromatic rings.